The number of fused-ring (bicyclic) bond motifs is 1. The highest BCUT2D eigenvalue weighted by Gasteiger charge is 2.12. The standard InChI is InChI=1S/C12H10ClN5O/c1-7-4-8(14)2-3-9(7)19-12-10(13)11-17-16-6-18(11)5-15-12/h2-6H,14H2,1H3. The molecule has 0 aliphatic rings. The lowest BCUT2D eigenvalue weighted by Crippen LogP contribution is -1.96. The Balaban J connectivity index is 2.03. The van der Waals surface area contributed by atoms with Gasteiger partial charge in [0.15, 0.2) is 5.65 Å². The Morgan fingerprint density at radius 3 is 2.95 bits per heavy atom. The molecule has 19 heavy (non-hydrogen) atoms. The number of nitrogens with two attached hydrogens (primary N) is 1. The summed E-state index contributed by atoms with van der Waals surface area (Å²) in [5.74, 6) is 0.933. The van der Waals surface area contributed by atoms with Crippen LogP contribution in [0.25, 0.3) is 5.65 Å². The zero-order valence-corrected chi connectivity index (χ0v) is 10.8. The number of hydrogen-bond donors (Lipinski definition) is 1. The highest BCUT2D eigenvalue weighted by Crippen LogP contribution is 2.31. The third-order valence-electron chi connectivity index (χ3n) is 2.66. The summed E-state index contributed by atoms with van der Waals surface area (Å²) in [5, 5.41) is 7.97. The maximum atomic E-state index is 6.18. The van der Waals surface area contributed by atoms with Gasteiger partial charge in [-0.2, -0.15) is 0 Å². The smallest absolute Gasteiger partial charge is 0.243 e. The predicted molar refractivity (Wildman–Crippen MR) is 71.5 cm³/mol. The van der Waals surface area contributed by atoms with E-state index in [9.17, 15) is 0 Å². The quantitative estimate of drug-likeness (QED) is 0.727. The number of aromatic nitrogens is 4. The van der Waals surface area contributed by atoms with Crippen LogP contribution < -0.4 is 10.5 Å². The van der Waals surface area contributed by atoms with Crippen LogP contribution in [0.1, 0.15) is 5.56 Å². The van der Waals surface area contributed by atoms with Gasteiger partial charge in [-0.25, -0.2) is 4.98 Å². The first-order valence-electron chi connectivity index (χ1n) is 5.53. The fourth-order valence-electron chi connectivity index (χ4n) is 1.71. The van der Waals surface area contributed by atoms with Gasteiger partial charge < -0.3 is 10.5 Å². The van der Waals surface area contributed by atoms with Gasteiger partial charge in [-0.15, -0.1) is 10.2 Å². The molecule has 0 unspecified atom stereocenters. The van der Waals surface area contributed by atoms with E-state index in [0.717, 1.165) is 5.56 Å². The molecule has 6 nitrogen and oxygen atoms in total. The molecule has 0 saturated carbocycles. The maximum Gasteiger partial charge on any atom is 0.243 e. The topological polar surface area (TPSA) is 78.3 Å². The normalized spacial score (nSPS) is 10.8. The van der Waals surface area contributed by atoms with Gasteiger partial charge >= 0.3 is 0 Å². The zero-order valence-electron chi connectivity index (χ0n) is 10.0. The molecule has 0 saturated heterocycles. The van der Waals surface area contributed by atoms with Crippen molar-refractivity contribution < 1.29 is 4.74 Å². The van der Waals surface area contributed by atoms with E-state index in [2.05, 4.69) is 15.2 Å². The zero-order chi connectivity index (χ0) is 13.4. The van der Waals surface area contributed by atoms with Crippen LogP contribution in [-0.2, 0) is 0 Å². The number of nitrogen functional groups attached to an aromatic ring is 1. The van der Waals surface area contributed by atoms with Crippen LogP contribution in [0.3, 0.4) is 0 Å². The number of halogens is 1. The molecule has 0 fully saturated rings. The molecular formula is C12H10ClN5O. The molecule has 2 heterocycles. The maximum absolute atomic E-state index is 6.18. The monoisotopic (exact) mass is 275 g/mol. The van der Waals surface area contributed by atoms with Crippen LogP contribution in [0.4, 0.5) is 5.69 Å². The molecular weight excluding hydrogens is 266 g/mol. The summed E-state index contributed by atoms with van der Waals surface area (Å²) >= 11 is 6.18. The van der Waals surface area contributed by atoms with E-state index in [1.54, 1.807) is 22.9 Å². The Labute approximate surface area is 113 Å². The molecule has 2 aromatic heterocycles. The first kappa shape index (κ1) is 11.7. The summed E-state index contributed by atoms with van der Waals surface area (Å²) in [4.78, 5) is 4.14. The van der Waals surface area contributed by atoms with Crippen LogP contribution in [0, 0.1) is 6.92 Å². The van der Waals surface area contributed by atoms with Gasteiger partial charge in [0, 0.05) is 5.69 Å². The Morgan fingerprint density at radius 2 is 2.16 bits per heavy atom. The van der Waals surface area contributed by atoms with E-state index >= 15 is 0 Å². The Morgan fingerprint density at radius 1 is 1.32 bits per heavy atom. The minimum absolute atomic E-state index is 0.287. The number of nitrogens with zero attached hydrogens (tertiary/aromatic N) is 4. The third kappa shape index (κ3) is 2.06. The van der Waals surface area contributed by atoms with Gasteiger partial charge in [0.05, 0.1) is 0 Å². The molecule has 0 spiro atoms. The lowest BCUT2D eigenvalue weighted by molar-refractivity contribution is 0.458. The van der Waals surface area contributed by atoms with Crippen molar-refractivity contribution in [2.45, 2.75) is 6.92 Å². The summed E-state index contributed by atoms with van der Waals surface area (Å²) in [6, 6.07) is 5.35. The molecule has 0 bridgehead atoms. The molecule has 96 valence electrons. The van der Waals surface area contributed by atoms with Gasteiger partial charge in [-0.3, -0.25) is 4.40 Å². The highest BCUT2D eigenvalue weighted by molar-refractivity contribution is 6.34. The minimum Gasteiger partial charge on any atom is -0.437 e. The van der Waals surface area contributed by atoms with E-state index in [0.29, 0.717) is 22.1 Å². The van der Waals surface area contributed by atoms with E-state index in [4.69, 9.17) is 22.1 Å². The Bertz CT molecular complexity index is 755. The molecule has 3 rings (SSSR count). The third-order valence-corrected chi connectivity index (χ3v) is 2.99. The van der Waals surface area contributed by atoms with E-state index in [1.807, 2.05) is 13.0 Å². The van der Waals surface area contributed by atoms with Gasteiger partial charge in [0.25, 0.3) is 0 Å². The van der Waals surface area contributed by atoms with Crippen molar-refractivity contribution in [1.82, 2.24) is 19.6 Å². The molecule has 0 radical (unpaired) electrons. The minimum atomic E-state index is 0.287. The lowest BCUT2D eigenvalue weighted by atomic mass is 10.2. The first-order valence-corrected chi connectivity index (χ1v) is 5.91. The van der Waals surface area contributed by atoms with E-state index < -0.39 is 0 Å². The number of ether oxygens (including phenoxy) is 1. The van der Waals surface area contributed by atoms with Crippen LogP contribution >= 0.6 is 11.6 Å². The fourth-order valence-corrected chi connectivity index (χ4v) is 1.94. The summed E-state index contributed by atoms with van der Waals surface area (Å²) in [5.41, 5.74) is 7.77. The molecule has 0 aliphatic heterocycles. The van der Waals surface area contributed by atoms with Gasteiger partial charge in [-0.1, -0.05) is 11.6 Å². The summed E-state index contributed by atoms with van der Waals surface area (Å²) in [7, 11) is 0. The molecule has 3 aromatic rings. The van der Waals surface area contributed by atoms with Crippen molar-refractivity contribution in [2.24, 2.45) is 0 Å². The van der Waals surface area contributed by atoms with Crippen molar-refractivity contribution in [1.29, 1.82) is 0 Å². The lowest BCUT2D eigenvalue weighted by Gasteiger charge is -2.09. The first-order chi connectivity index (χ1) is 9.15. The molecule has 0 atom stereocenters. The second kappa shape index (κ2) is 4.40. The summed E-state index contributed by atoms with van der Waals surface area (Å²) in [6.45, 7) is 1.90. The van der Waals surface area contributed by atoms with Crippen LogP contribution in [0.5, 0.6) is 11.6 Å². The van der Waals surface area contributed by atoms with Crippen molar-refractivity contribution in [3.63, 3.8) is 0 Å². The van der Waals surface area contributed by atoms with Gasteiger partial charge in [0.2, 0.25) is 5.88 Å². The Hall–Kier alpha value is -2.34. The van der Waals surface area contributed by atoms with E-state index in [1.165, 1.54) is 6.33 Å². The molecule has 2 N–H and O–H groups in total. The van der Waals surface area contributed by atoms with Crippen LogP contribution in [0.2, 0.25) is 5.02 Å². The predicted octanol–water partition coefficient (Wildman–Crippen LogP) is 2.46. The highest BCUT2D eigenvalue weighted by atomic mass is 35.5. The number of aryl methyl sites for hydroxylation is 1. The summed E-state index contributed by atoms with van der Waals surface area (Å²) < 4.78 is 7.31. The summed E-state index contributed by atoms with van der Waals surface area (Å²) in [6.07, 6.45) is 3.07. The SMILES string of the molecule is Cc1cc(N)ccc1Oc1ncn2cnnc2c1Cl. The fraction of sp³-hybridized carbons (Fsp3) is 0.0833. The Kier molecular flexibility index (Phi) is 2.72. The van der Waals surface area contributed by atoms with Crippen molar-refractivity contribution in [3.05, 3.63) is 41.4 Å². The van der Waals surface area contributed by atoms with Gasteiger partial charge in [-0.05, 0) is 30.7 Å². The molecule has 7 heteroatoms. The molecule has 1 aromatic carbocycles. The number of benzene rings is 1. The number of rotatable bonds is 2. The van der Waals surface area contributed by atoms with E-state index in [-0.39, 0.29) is 5.88 Å². The van der Waals surface area contributed by atoms with Crippen LogP contribution in [0.15, 0.2) is 30.9 Å². The van der Waals surface area contributed by atoms with Crippen molar-refractivity contribution in [3.8, 4) is 11.6 Å². The molecule has 0 amide bonds. The second-order valence-electron chi connectivity index (χ2n) is 4.05. The largest absolute Gasteiger partial charge is 0.437 e. The van der Waals surface area contributed by atoms with Crippen LogP contribution in [-0.4, -0.2) is 19.6 Å². The molecule has 0 aliphatic carbocycles. The average molecular weight is 276 g/mol. The second-order valence-corrected chi connectivity index (χ2v) is 4.43. The number of anilines is 1. The van der Waals surface area contributed by atoms with Crippen molar-refractivity contribution in [2.75, 3.05) is 5.73 Å². The van der Waals surface area contributed by atoms with Gasteiger partial charge in [0.1, 0.15) is 23.4 Å². The average Bonchev–Trinajstić information content (AvgIpc) is 2.85. The number of hydrogen-bond acceptors (Lipinski definition) is 5. The van der Waals surface area contributed by atoms with Crippen molar-refractivity contribution >= 4 is 22.9 Å².